The highest BCUT2D eigenvalue weighted by molar-refractivity contribution is 7.99. The van der Waals surface area contributed by atoms with Crippen molar-refractivity contribution in [3.63, 3.8) is 0 Å². The van der Waals surface area contributed by atoms with Crippen LogP contribution >= 0.6 is 11.8 Å². The van der Waals surface area contributed by atoms with Crippen LogP contribution in [0.4, 0.5) is 0 Å². The molecule has 0 unspecified atom stereocenters. The summed E-state index contributed by atoms with van der Waals surface area (Å²) >= 11 is 1.88. The molecule has 0 N–H and O–H groups in total. The molecular formula is C55H33N5S. The molecular weight excluding hydrogens is 763 g/mol. The molecule has 3 aromatic heterocycles. The number of fused-ring (bicyclic) bond motifs is 9. The third-order valence-corrected chi connectivity index (χ3v) is 13.3. The Morgan fingerprint density at radius 1 is 0.328 bits per heavy atom. The number of hydrogen-bond donors (Lipinski definition) is 0. The van der Waals surface area contributed by atoms with Crippen LogP contribution in [0.25, 0.3) is 111 Å². The molecule has 0 atom stereocenters. The molecule has 12 aromatic rings. The van der Waals surface area contributed by atoms with Gasteiger partial charge in [-0.25, -0.2) is 4.98 Å². The highest BCUT2D eigenvalue weighted by Gasteiger charge is 2.26. The normalized spacial score (nSPS) is 12.2. The average molecular weight is 796 g/mol. The van der Waals surface area contributed by atoms with Crippen molar-refractivity contribution < 1.29 is 0 Å². The predicted molar refractivity (Wildman–Crippen MR) is 252 cm³/mol. The lowest BCUT2D eigenvalue weighted by molar-refractivity contribution is 0.953. The minimum absolute atomic E-state index is 0.584. The van der Waals surface area contributed by atoms with Crippen LogP contribution in [0.5, 0.6) is 0 Å². The standard InChI is InChI=1S/C55H33N5S/c1-4-16-34(17-5-1)53-56-54(35-18-6-2-7-19-35)58-55(57-53)60-45-28-13-11-23-42(45)50-38(24-15-29-46(50)60)36-30-31-39-40-25-14-26-43-51-41-22-10-12-27-44(41)59(37-20-8-3-9-21-37)47(51)33-49(52(40)43)61-48(39)32-36/h1-33H. The number of para-hydroxylation sites is 3. The molecule has 1 aliphatic heterocycles. The molecule has 0 spiro atoms. The number of benzene rings is 9. The van der Waals surface area contributed by atoms with Crippen LogP contribution < -0.4 is 0 Å². The van der Waals surface area contributed by atoms with E-state index in [-0.39, 0.29) is 0 Å². The Morgan fingerprint density at radius 3 is 1.62 bits per heavy atom. The summed E-state index contributed by atoms with van der Waals surface area (Å²) in [6, 6.07) is 71.4. The van der Waals surface area contributed by atoms with Crippen LogP contribution in [0.3, 0.4) is 0 Å². The summed E-state index contributed by atoms with van der Waals surface area (Å²) in [5.74, 6) is 1.85. The van der Waals surface area contributed by atoms with Gasteiger partial charge in [-0.3, -0.25) is 4.57 Å². The van der Waals surface area contributed by atoms with Crippen LogP contribution in [-0.4, -0.2) is 24.1 Å². The molecule has 61 heavy (non-hydrogen) atoms. The van der Waals surface area contributed by atoms with Gasteiger partial charge in [0.05, 0.1) is 22.1 Å². The lowest BCUT2D eigenvalue weighted by Crippen LogP contribution is -2.06. The Balaban J connectivity index is 1.01. The van der Waals surface area contributed by atoms with Crippen molar-refractivity contribution in [3.05, 3.63) is 200 Å². The molecule has 0 fully saturated rings. The molecule has 9 aromatic carbocycles. The highest BCUT2D eigenvalue weighted by atomic mass is 32.2. The van der Waals surface area contributed by atoms with Gasteiger partial charge in [-0.15, -0.1) is 0 Å². The van der Waals surface area contributed by atoms with Gasteiger partial charge in [-0.2, -0.15) is 9.97 Å². The highest BCUT2D eigenvalue weighted by Crippen LogP contribution is 2.52. The SMILES string of the molecule is c1ccc(-c2nc(-c3ccccc3)nc(-n3c4ccccc4c4c(-c5ccc6c(c5)Sc5cc7c(c8cccc-6c58)c5ccccc5n7-c5ccccc5)cccc43)n2)cc1. The first-order valence-electron chi connectivity index (χ1n) is 20.5. The summed E-state index contributed by atoms with van der Waals surface area (Å²) in [5, 5.41) is 7.50. The molecule has 0 saturated carbocycles. The van der Waals surface area contributed by atoms with E-state index in [1.54, 1.807) is 0 Å². The molecule has 1 aliphatic rings. The number of hydrogen-bond acceptors (Lipinski definition) is 4. The van der Waals surface area contributed by atoms with Gasteiger partial charge in [0.15, 0.2) is 11.6 Å². The first kappa shape index (κ1) is 34.1. The number of nitrogens with zero attached hydrogens (tertiary/aromatic N) is 5. The van der Waals surface area contributed by atoms with E-state index in [9.17, 15) is 0 Å². The molecule has 4 heterocycles. The van der Waals surface area contributed by atoms with E-state index >= 15 is 0 Å². The van der Waals surface area contributed by atoms with Gasteiger partial charge in [0.2, 0.25) is 5.95 Å². The smallest absolute Gasteiger partial charge is 0.238 e. The van der Waals surface area contributed by atoms with Crippen molar-refractivity contribution >= 4 is 66.1 Å². The monoisotopic (exact) mass is 795 g/mol. The lowest BCUT2D eigenvalue weighted by atomic mass is 9.93. The van der Waals surface area contributed by atoms with E-state index in [2.05, 4.69) is 173 Å². The second-order valence-corrected chi connectivity index (χ2v) is 16.6. The molecule has 0 aliphatic carbocycles. The molecule has 0 amide bonds. The fraction of sp³-hybridized carbons (Fsp3) is 0. The summed E-state index contributed by atoms with van der Waals surface area (Å²) in [5.41, 5.74) is 12.4. The van der Waals surface area contributed by atoms with Crippen molar-refractivity contribution in [1.29, 1.82) is 0 Å². The lowest BCUT2D eigenvalue weighted by Gasteiger charge is -2.22. The third-order valence-electron chi connectivity index (χ3n) is 12.2. The van der Waals surface area contributed by atoms with Crippen LogP contribution in [0, 0.1) is 0 Å². The van der Waals surface area contributed by atoms with Crippen LogP contribution in [0.15, 0.2) is 210 Å². The molecule has 13 rings (SSSR count). The molecule has 284 valence electrons. The maximum atomic E-state index is 5.17. The topological polar surface area (TPSA) is 48.5 Å². The van der Waals surface area contributed by atoms with Gasteiger partial charge in [0.1, 0.15) is 0 Å². The average Bonchev–Trinajstić information content (AvgIpc) is 3.85. The van der Waals surface area contributed by atoms with Gasteiger partial charge in [0.25, 0.3) is 0 Å². The van der Waals surface area contributed by atoms with Crippen LogP contribution in [0.1, 0.15) is 0 Å². The maximum absolute atomic E-state index is 5.17. The van der Waals surface area contributed by atoms with Crippen molar-refractivity contribution in [2.45, 2.75) is 9.79 Å². The van der Waals surface area contributed by atoms with Crippen molar-refractivity contribution in [1.82, 2.24) is 24.1 Å². The van der Waals surface area contributed by atoms with Gasteiger partial charge in [-0.1, -0.05) is 169 Å². The summed E-state index contributed by atoms with van der Waals surface area (Å²) < 4.78 is 4.63. The zero-order valence-corrected chi connectivity index (χ0v) is 33.5. The van der Waals surface area contributed by atoms with E-state index in [4.69, 9.17) is 15.0 Å². The van der Waals surface area contributed by atoms with Crippen LogP contribution in [-0.2, 0) is 0 Å². The molecule has 0 bridgehead atoms. The Bertz CT molecular complexity index is 3660. The van der Waals surface area contributed by atoms with Gasteiger partial charge < -0.3 is 4.57 Å². The van der Waals surface area contributed by atoms with Gasteiger partial charge in [0, 0.05) is 53.5 Å². The summed E-state index contributed by atoms with van der Waals surface area (Å²) in [7, 11) is 0. The first-order chi connectivity index (χ1) is 30.3. The summed E-state index contributed by atoms with van der Waals surface area (Å²) in [4.78, 5) is 17.8. The van der Waals surface area contributed by atoms with Crippen LogP contribution in [0.2, 0.25) is 0 Å². The minimum atomic E-state index is 0.584. The largest absolute Gasteiger partial charge is 0.309 e. The minimum Gasteiger partial charge on any atom is -0.309 e. The van der Waals surface area contributed by atoms with Crippen molar-refractivity contribution in [3.8, 4) is 56.7 Å². The fourth-order valence-corrected chi connectivity index (χ4v) is 10.8. The van der Waals surface area contributed by atoms with E-state index in [0.717, 1.165) is 33.2 Å². The second kappa shape index (κ2) is 13.4. The van der Waals surface area contributed by atoms with Gasteiger partial charge >= 0.3 is 0 Å². The third kappa shape index (κ3) is 5.19. The Kier molecular flexibility index (Phi) is 7.47. The molecule has 0 saturated heterocycles. The number of aromatic nitrogens is 5. The van der Waals surface area contributed by atoms with Crippen molar-refractivity contribution in [2.75, 3.05) is 0 Å². The molecule has 0 radical (unpaired) electrons. The Hall–Kier alpha value is -7.80. The Labute approximate surface area is 355 Å². The second-order valence-electron chi connectivity index (χ2n) is 15.6. The quantitative estimate of drug-likeness (QED) is 0.174. The zero-order valence-electron chi connectivity index (χ0n) is 32.7. The summed E-state index contributed by atoms with van der Waals surface area (Å²) in [6.07, 6.45) is 0. The predicted octanol–water partition coefficient (Wildman–Crippen LogP) is 14.4. The zero-order chi connectivity index (χ0) is 40.0. The summed E-state index contributed by atoms with van der Waals surface area (Å²) in [6.45, 7) is 0. The number of rotatable bonds is 5. The van der Waals surface area contributed by atoms with E-state index < -0.39 is 0 Å². The molecule has 6 heteroatoms. The van der Waals surface area contributed by atoms with E-state index in [1.807, 2.05) is 48.2 Å². The molecule has 5 nitrogen and oxygen atoms in total. The first-order valence-corrected chi connectivity index (χ1v) is 21.3. The maximum Gasteiger partial charge on any atom is 0.238 e. The van der Waals surface area contributed by atoms with E-state index in [1.165, 1.54) is 70.0 Å². The Morgan fingerprint density at radius 2 is 0.902 bits per heavy atom. The van der Waals surface area contributed by atoms with E-state index in [0.29, 0.717) is 17.6 Å². The van der Waals surface area contributed by atoms with Crippen molar-refractivity contribution in [2.24, 2.45) is 0 Å². The van der Waals surface area contributed by atoms with Gasteiger partial charge in [-0.05, 0) is 70.1 Å². The fourth-order valence-electron chi connectivity index (χ4n) is 9.55.